The maximum absolute atomic E-state index is 11.5. The third-order valence-corrected chi connectivity index (χ3v) is 2.38. The molecule has 1 heterocycles. The number of nitrogens with two attached hydrogens (primary N) is 1. The summed E-state index contributed by atoms with van der Waals surface area (Å²) < 4.78 is 1.39. The molecule has 78 valence electrons. The van der Waals surface area contributed by atoms with Crippen LogP contribution in [0.3, 0.4) is 0 Å². The van der Waals surface area contributed by atoms with Gasteiger partial charge in [-0.25, -0.2) is 4.68 Å². The highest BCUT2D eigenvalue weighted by Crippen LogP contribution is 2.17. The van der Waals surface area contributed by atoms with Crippen LogP contribution in [0, 0.1) is 6.92 Å². The van der Waals surface area contributed by atoms with Gasteiger partial charge >= 0.3 is 0 Å². The first-order valence-corrected chi connectivity index (χ1v) is 4.80. The van der Waals surface area contributed by atoms with Crippen molar-refractivity contribution >= 4 is 17.4 Å². The fraction of sp³-hybridized carbons (Fsp3) is 0.100. The van der Waals surface area contributed by atoms with E-state index in [0.717, 1.165) is 11.3 Å². The Bertz CT molecular complexity index is 556. The first kappa shape index (κ1) is 9.86. The number of halogens is 1. The number of nitrogen functional groups attached to an aromatic ring is 1. The number of hydrogen-bond acceptors (Lipinski definition) is 2. The van der Waals surface area contributed by atoms with E-state index in [1.807, 2.05) is 6.92 Å². The topological polar surface area (TPSA) is 63.8 Å². The molecule has 0 aliphatic heterocycles. The van der Waals surface area contributed by atoms with Gasteiger partial charge in [-0.1, -0.05) is 11.6 Å². The lowest BCUT2D eigenvalue weighted by Gasteiger charge is -2.05. The zero-order valence-corrected chi connectivity index (χ0v) is 8.88. The summed E-state index contributed by atoms with van der Waals surface area (Å²) in [5.41, 5.74) is 6.97. The number of aryl methyl sites for hydroxylation is 1. The van der Waals surface area contributed by atoms with Gasteiger partial charge in [-0.2, -0.15) is 0 Å². The molecule has 2 aromatic rings. The minimum atomic E-state index is -0.182. The average molecular weight is 224 g/mol. The Balaban J connectivity index is 2.64. The largest absolute Gasteiger partial charge is 0.384 e. The molecule has 0 radical (unpaired) electrons. The first-order chi connectivity index (χ1) is 7.08. The zero-order valence-electron chi connectivity index (χ0n) is 8.12. The van der Waals surface area contributed by atoms with Crippen molar-refractivity contribution in [3.8, 4) is 5.69 Å². The van der Waals surface area contributed by atoms with Gasteiger partial charge in [-0.3, -0.25) is 9.89 Å². The second-order valence-electron chi connectivity index (χ2n) is 3.32. The SMILES string of the molecule is Cc1cc(Cl)ccc1-n1[nH]c(N)cc1=O. The van der Waals surface area contributed by atoms with Crippen LogP contribution in [0.1, 0.15) is 5.56 Å². The van der Waals surface area contributed by atoms with Crippen LogP contribution in [0.5, 0.6) is 0 Å². The third kappa shape index (κ3) is 1.76. The molecule has 0 aliphatic carbocycles. The van der Waals surface area contributed by atoms with Gasteiger partial charge in [0.15, 0.2) is 0 Å². The summed E-state index contributed by atoms with van der Waals surface area (Å²) in [6.07, 6.45) is 0. The fourth-order valence-electron chi connectivity index (χ4n) is 1.46. The molecule has 0 aliphatic rings. The van der Waals surface area contributed by atoms with E-state index in [0.29, 0.717) is 10.8 Å². The lowest BCUT2D eigenvalue weighted by molar-refractivity contribution is 0.847. The Morgan fingerprint density at radius 3 is 2.67 bits per heavy atom. The normalized spacial score (nSPS) is 10.5. The predicted octanol–water partition coefficient (Wildman–Crippen LogP) is 1.71. The lowest BCUT2D eigenvalue weighted by atomic mass is 10.2. The number of hydrogen-bond donors (Lipinski definition) is 2. The van der Waals surface area contributed by atoms with Crippen molar-refractivity contribution in [1.29, 1.82) is 0 Å². The van der Waals surface area contributed by atoms with Gasteiger partial charge in [0, 0.05) is 11.1 Å². The predicted molar refractivity (Wildman–Crippen MR) is 60.5 cm³/mol. The van der Waals surface area contributed by atoms with Gasteiger partial charge < -0.3 is 5.73 Å². The van der Waals surface area contributed by atoms with Crippen LogP contribution in [-0.2, 0) is 0 Å². The standard InChI is InChI=1S/C10H10ClN3O/c1-6-4-7(11)2-3-8(6)14-10(15)5-9(12)13-14/h2-5,13H,12H2,1H3. The molecule has 4 nitrogen and oxygen atoms in total. The summed E-state index contributed by atoms with van der Waals surface area (Å²) in [6, 6.07) is 6.64. The fourth-order valence-corrected chi connectivity index (χ4v) is 1.69. The molecule has 0 unspecified atom stereocenters. The first-order valence-electron chi connectivity index (χ1n) is 4.42. The highest BCUT2D eigenvalue weighted by Gasteiger charge is 2.05. The van der Waals surface area contributed by atoms with E-state index in [1.165, 1.54) is 10.7 Å². The van der Waals surface area contributed by atoms with E-state index >= 15 is 0 Å². The Morgan fingerprint density at radius 1 is 1.40 bits per heavy atom. The Kier molecular flexibility index (Phi) is 2.28. The van der Waals surface area contributed by atoms with Crippen LogP contribution in [0.15, 0.2) is 29.1 Å². The van der Waals surface area contributed by atoms with E-state index < -0.39 is 0 Å². The summed E-state index contributed by atoms with van der Waals surface area (Å²) in [4.78, 5) is 11.5. The molecule has 1 aromatic heterocycles. The van der Waals surface area contributed by atoms with Gasteiger partial charge in [0.1, 0.15) is 5.82 Å². The molecule has 1 aromatic carbocycles. The number of rotatable bonds is 1. The highest BCUT2D eigenvalue weighted by molar-refractivity contribution is 6.30. The minimum absolute atomic E-state index is 0.182. The van der Waals surface area contributed by atoms with Crippen LogP contribution in [-0.4, -0.2) is 9.78 Å². The van der Waals surface area contributed by atoms with Gasteiger partial charge in [0.25, 0.3) is 5.56 Å². The highest BCUT2D eigenvalue weighted by atomic mass is 35.5. The van der Waals surface area contributed by atoms with Crippen molar-refractivity contribution in [3.63, 3.8) is 0 Å². The van der Waals surface area contributed by atoms with Gasteiger partial charge in [0.05, 0.1) is 5.69 Å². The summed E-state index contributed by atoms with van der Waals surface area (Å²) in [6.45, 7) is 1.88. The van der Waals surface area contributed by atoms with E-state index in [1.54, 1.807) is 18.2 Å². The number of benzene rings is 1. The van der Waals surface area contributed by atoms with Gasteiger partial charge in [-0.05, 0) is 30.7 Å². The monoisotopic (exact) mass is 223 g/mol. The molecule has 5 heteroatoms. The number of nitrogens with one attached hydrogen (secondary N) is 1. The van der Waals surface area contributed by atoms with Crippen molar-refractivity contribution in [2.75, 3.05) is 5.73 Å². The van der Waals surface area contributed by atoms with E-state index in [-0.39, 0.29) is 5.56 Å². The van der Waals surface area contributed by atoms with Crippen LogP contribution < -0.4 is 11.3 Å². The second kappa shape index (κ2) is 3.47. The lowest BCUT2D eigenvalue weighted by Crippen LogP contribution is -2.14. The molecular formula is C10H10ClN3O. The molecule has 0 spiro atoms. The molecule has 0 fully saturated rings. The van der Waals surface area contributed by atoms with Crippen LogP contribution >= 0.6 is 11.6 Å². The number of aromatic amines is 1. The molecule has 0 atom stereocenters. The number of aromatic nitrogens is 2. The molecule has 0 saturated carbocycles. The quantitative estimate of drug-likeness (QED) is 0.773. The Morgan fingerprint density at radius 2 is 2.13 bits per heavy atom. The van der Waals surface area contributed by atoms with Crippen molar-refractivity contribution < 1.29 is 0 Å². The van der Waals surface area contributed by atoms with Crippen molar-refractivity contribution in [2.24, 2.45) is 0 Å². The summed E-state index contributed by atoms with van der Waals surface area (Å²) >= 11 is 5.83. The number of anilines is 1. The zero-order chi connectivity index (χ0) is 11.0. The molecule has 0 bridgehead atoms. The maximum Gasteiger partial charge on any atom is 0.273 e. The smallest absolute Gasteiger partial charge is 0.273 e. The third-order valence-electron chi connectivity index (χ3n) is 2.14. The van der Waals surface area contributed by atoms with Crippen molar-refractivity contribution in [1.82, 2.24) is 9.78 Å². The number of H-pyrrole nitrogens is 1. The summed E-state index contributed by atoms with van der Waals surface area (Å²) in [5, 5.41) is 3.40. The molecular weight excluding hydrogens is 214 g/mol. The molecule has 2 rings (SSSR count). The van der Waals surface area contributed by atoms with Crippen molar-refractivity contribution in [3.05, 3.63) is 45.2 Å². The molecule has 0 saturated heterocycles. The van der Waals surface area contributed by atoms with Crippen LogP contribution in [0.4, 0.5) is 5.82 Å². The van der Waals surface area contributed by atoms with E-state index in [9.17, 15) is 4.79 Å². The second-order valence-corrected chi connectivity index (χ2v) is 3.75. The van der Waals surface area contributed by atoms with E-state index in [4.69, 9.17) is 17.3 Å². The van der Waals surface area contributed by atoms with Crippen LogP contribution in [0.2, 0.25) is 5.02 Å². The van der Waals surface area contributed by atoms with E-state index in [2.05, 4.69) is 5.10 Å². The Labute approximate surface area is 91.3 Å². The van der Waals surface area contributed by atoms with Crippen molar-refractivity contribution in [2.45, 2.75) is 6.92 Å². The molecule has 15 heavy (non-hydrogen) atoms. The summed E-state index contributed by atoms with van der Waals surface area (Å²) in [5.74, 6) is 0.342. The molecule has 3 N–H and O–H groups in total. The minimum Gasteiger partial charge on any atom is -0.384 e. The number of nitrogens with zero attached hydrogens (tertiary/aromatic N) is 1. The average Bonchev–Trinajstić information content (AvgIpc) is 2.45. The van der Waals surface area contributed by atoms with Crippen LogP contribution in [0.25, 0.3) is 5.69 Å². The Hall–Kier alpha value is -1.68. The van der Waals surface area contributed by atoms with Gasteiger partial charge in [-0.15, -0.1) is 0 Å². The maximum atomic E-state index is 11.5. The van der Waals surface area contributed by atoms with Gasteiger partial charge in [0.2, 0.25) is 0 Å². The molecule has 0 amide bonds. The summed E-state index contributed by atoms with van der Waals surface area (Å²) in [7, 11) is 0.